The van der Waals surface area contributed by atoms with Gasteiger partial charge in [0.25, 0.3) is 0 Å². The van der Waals surface area contributed by atoms with E-state index in [4.69, 9.17) is 5.73 Å². The molecule has 3 heteroatoms. The molecule has 3 N–H and O–H groups in total. The zero-order valence-electron chi connectivity index (χ0n) is 8.10. The number of nitrogens with one attached hydrogen (secondary N) is 1. The maximum Gasteiger partial charge on any atom is 0.131 e. The maximum absolute atomic E-state index is 10.8. The van der Waals surface area contributed by atoms with E-state index in [9.17, 15) is 4.79 Å². The average molecular weight is 172 g/mol. The molecule has 0 fully saturated rings. The Hall–Kier alpha value is -0.410. The van der Waals surface area contributed by atoms with Crippen molar-refractivity contribution in [1.82, 2.24) is 5.32 Å². The van der Waals surface area contributed by atoms with Gasteiger partial charge in [-0.2, -0.15) is 0 Å². The highest BCUT2D eigenvalue weighted by Gasteiger charge is 2.07. The monoisotopic (exact) mass is 172 g/mol. The lowest BCUT2D eigenvalue weighted by molar-refractivity contribution is -0.117. The molecule has 0 saturated heterocycles. The van der Waals surface area contributed by atoms with Crippen LogP contribution in [0.5, 0.6) is 0 Å². The first-order valence-corrected chi connectivity index (χ1v) is 4.57. The first-order valence-electron chi connectivity index (χ1n) is 4.57. The van der Waals surface area contributed by atoms with Gasteiger partial charge in [0.2, 0.25) is 0 Å². The van der Waals surface area contributed by atoms with Gasteiger partial charge >= 0.3 is 0 Å². The molecule has 0 aliphatic rings. The van der Waals surface area contributed by atoms with Crippen molar-refractivity contribution in [3.8, 4) is 0 Å². The quantitative estimate of drug-likeness (QED) is 0.555. The van der Waals surface area contributed by atoms with Gasteiger partial charge in [-0.05, 0) is 33.4 Å². The topological polar surface area (TPSA) is 55.1 Å². The molecule has 0 aromatic rings. The van der Waals surface area contributed by atoms with E-state index in [2.05, 4.69) is 5.32 Å². The van der Waals surface area contributed by atoms with Gasteiger partial charge in [0.05, 0.1) is 0 Å². The first kappa shape index (κ1) is 11.6. The molecule has 0 aromatic heterocycles. The molecule has 72 valence electrons. The molecule has 0 aliphatic heterocycles. The summed E-state index contributed by atoms with van der Waals surface area (Å²) in [6.07, 6.45) is 3.85. The van der Waals surface area contributed by atoms with Crippen molar-refractivity contribution in [3.05, 3.63) is 0 Å². The van der Waals surface area contributed by atoms with Gasteiger partial charge in [-0.15, -0.1) is 0 Å². The number of carbonyl (C=O) groups is 1. The molecule has 0 rings (SSSR count). The summed E-state index contributed by atoms with van der Waals surface area (Å²) in [6, 6.07) is 0.342. The molecule has 1 atom stereocenters. The molecule has 0 saturated carbocycles. The normalized spacial score (nSPS) is 12.9. The van der Waals surface area contributed by atoms with E-state index >= 15 is 0 Å². The van der Waals surface area contributed by atoms with Crippen LogP contribution in [0.15, 0.2) is 0 Å². The third-order valence-electron chi connectivity index (χ3n) is 1.95. The molecule has 0 bridgehead atoms. The van der Waals surface area contributed by atoms with Crippen molar-refractivity contribution in [1.29, 1.82) is 0 Å². The summed E-state index contributed by atoms with van der Waals surface area (Å²) in [7, 11) is 1.90. The number of Topliss-reactive ketones (excluding diaryl/α,β-unsaturated/α-hetero) is 1. The summed E-state index contributed by atoms with van der Waals surface area (Å²) in [6.45, 7) is 2.38. The summed E-state index contributed by atoms with van der Waals surface area (Å²) in [4.78, 5) is 10.8. The van der Waals surface area contributed by atoms with E-state index in [1.165, 1.54) is 0 Å². The number of hydrogen-bond acceptors (Lipinski definition) is 3. The Labute approximate surface area is 74.7 Å². The van der Waals surface area contributed by atoms with Gasteiger partial charge in [0.1, 0.15) is 5.78 Å². The van der Waals surface area contributed by atoms with Crippen LogP contribution in [0.3, 0.4) is 0 Å². The Kier molecular flexibility index (Phi) is 7.00. The van der Waals surface area contributed by atoms with Crippen LogP contribution in [0.2, 0.25) is 0 Å². The lowest BCUT2D eigenvalue weighted by Gasteiger charge is -2.13. The fraction of sp³-hybridized carbons (Fsp3) is 0.889. The van der Waals surface area contributed by atoms with Crippen LogP contribution < -0.4 is 11.1 Å². The van der Waals surface area contributed by atoms with Gasteiger partial charge in [0, 0.05) is 12.5 Å². The minimum absolute atomic E-state index is 0.252. The fourth-order valence-corrected chi connectivity index (χ4v) is 1.23. The fourth-order valence-electron chi connectivity index (χ4n) is 1.23. The summed E-state index contributed by atoms with van der Waals surface area (Å²) < 4.78 is 0. The predicted molar refractivity (Wildman–Crippen MR) is 51.1 cm³/mol. The van der Waals surface area contributed by atoms with E-state index in [1.54, 1.807) is 6.92 Å². The zero-order chi connectivity index (χ0) is 9.40. The summed E-state index contributed by atoms with van der Waals surface area (Å²) in [5, 5.41) is 3.13. The van der Waals surface area contributed by atoms with Crippen molar-refractivity contribution < 1.29 is 4.79 Å². The van der Waals surface area contributed by atoms with E-state index in [0.717, 1.165) is 25.8 Å². The summed E-state index contributed by atoms with van der Waals surface area (Å²) in [5.74, 6) is 0.252. The molecule has 0 amide bonds. The lowest BCUT2D eigenvalue weighted by Crippen LogP contribution is -2.27. The SMILES string of the molecule is CN[C@H](CCCCN)CC(C)=O. The third-order valence-corrected chi connectivity index (χ3v) is 1.95. The smallest absolute Gasteiger partial charge is 0.131 e. The predicted octanol–water partition coefficient (Wildman–Crippen LogP) is 0.682. The van der Waals surface area contributed by atoms with Crippen LogP contribution >= 0.6 is 0 Å². The highest BCUT2D eigenvalue weighted by atomic mass is 16.1. The summed E-state index contributed by atoms with van der Waals surface area (Å²) >= 11 is 0. The van der Waals surface area contributed by atoms with Crippen molar-refractivity contribution in [2.45, 2.75) is 38.6 Å². The number of rotatable bonds is 7. The van der Waals surface area contributed by atoms with Crippen LogP contribution in [0.1, 0.15) is 32.6 Å². The Bertz CT molecular complexity index is 126. The van der Waals surface area contributed by atoms with Gasteiger partial charge in [-0.3, -0.25) is 4.79 Å². The molecule has 0 aromatic carbocycles. The number of ketones is 1. The van der Waals surface area contributed by atoms with Crippen LogP contribution in [0, 0.1) is 0 Å². The van der Waals surface area contributed by atoms with E-state index in [0.29, 0.717) is 12.5 Å². The largest absolute Gasteiger partial charge is 0.330 e. The minimum atomic E-state index is 0.252. The molecule has 0 aliphatic carbocycles. The van der Waals surface area contributed by atoms with Crippen LogP contribution in [0.4, 0.5) is 0 Å². The molecule has 3 nitrogen and oxygen atoms in total. The second kappa shape index (κ2) is 7.25. The highest BCUT2D eigenvalue weighted by molar-refractivity contribution is 5.76. The molecular formula is C9H20N2O. The third kappa shape index (κ3) is 6.31. The van der Waals surface area contributed by atoms with Crippen LogP contribution in [-0.4, -0.2) is 25.4 Å². The second-order valence-electron chi connectivity index (χ2n) is 3.18. The Morgan fingerprint density at radius 1 is 1.50 bits per heavy atom. The van der Waals surface area contributed by atoms with Gasteiger partial charge in [-0.25, -0.2) is 0 Å². The zero-order valence-corrected chi connectivity index (χ0v) is 8.10. The van der Waals surface area contributed by atoms with Crippen LogP contribution in [-0.2, 0) is 4.79 Å². The molecule has 0 unspecified atom stereocenters. The van der Waals surface area contributed by atoms with E-state index in [-0.39, 0.29) is 5.78 Å². The maximum atomic E-state index is 10.8. The van der Waals surface area contributed by atoms with Crippen molar-refractivity contribution in [2.75, 3.05) is 13.6 Å². The number of unbranched alkanes of at least 4 members (excludes halogenated alkanes) is 1. The van der Waals surface area contributed by atoms with Gasteiger partial charge < -0.3 is 11.1 Å². The molecule has 0 radical (unpaired) electrons. The molecular weight excluding hydrogens is 152 g/mol. The average Bonchev–Trinajstić information content (AvgIpc) is 2.02. The second-order valence-corrected chi connectivity index (χ2v) is 3.18. The summed E-state index contributed by atoms with van der Waals surface area (Å²) in [5.41, 5.74) is 5.37. The molecule has 12 heavy (non-hydrogen) atoms. The van der Waals surface area contributed by atoms with Gasteiger partial charge in [0.15, 0.2) is 0 Å². The lowest BCUT2D eigenvalue weighted by atomic mass is 10.0. The highest BCUT2D eigenvalue weighted by Crippen LogP contribution is 2.03. The standard InChI is InChI=1S/C9H20N2O/c1-8(12)7-9(11-2)5-3-4-6-10/h9,11H,3-7,10H2,1-2H3/t9-/m1/s1. The van der Waals surface area contributed by atoms with Crippen molar-refractivity contribution >= 4 is 5.78 Å². The molecule has 0 spiro atoms. The number of carbonyl (C=O) groups excluding carboxylic acids is 1. The van der Waals surface area contributed by atoms with Gasteiger partial charge in [-0.1, -0.05) is 6.42 Å². The van der Waals surface area contributed by atoms with E-state index < -0.39 is 0 Å². The Morgan fingerprint density at radius 2 is 2.17 bits per heavy atom. The number of nitrogens with two attached hydrogens (primary N) is 1. The van der Waals surface area contributed by atoms with E-state index in [1.807, 2.05) is 7.05 Å². The minimum Gasteiger partial charge on any atom is -0.330 e. The van der Waals surface area contributed by atoms with Crippen molar-refractivity contribution in [3.63, 3.8) is 0 Å². The Balaban J connectivity index is 3.46. The first-order chi connectivity index (χ1) is 5.70. The Morgan fingerprint density at radius 3 is 2.58 bits per heavy atom. The molecule has 0 heterocycles. The van der Waals surface area contributed by atoms with Crippen LogP contribution in [0.25, 0.3) is 0 Å². The number of hydrogen-bond donors (Lipinski definition) is 2. The van der Waals surface area contributed by atoms with Crippen molar-refractivity contribution in [2.24, 2.45) is 5.73 Å².